The van der Waals surface area contributed by atoms with Crippen molar-refractivity contribution >= 4 is 11.0 Å². The van der Waals surface area contributed by atoms with Gasteiger partial charge in [0.1, 0.15) is 5.82 Å². The molecule has 2 aromatic rings. The standard InChI is InChI=1S/C13H18N4/c1-10-3-2-4-11-13(10)16-12(15-11)9-17-7-5-14-6-8-17/h2-4,14H,5-9H2,1H3,(H,15,16). The van der Waals surface area contributed by atoms with E-state index in [2.05, 4.69) is 45.3 Å². The molecule has 0 atom stereocenters. The third kappa shape index (κ3) is 2.18. The lowest BCUT2D eigenvalue weighted by Gasteiger charge is -2.26. The maximum absolute atomic E-state index is 4.69. The van der Waals surface area contributed by atoms with Crippen molar-refractivity contribution in [1.29, 1.82) is 0 Å². The molecule has 17 heavy (non-hydrogen) atoms. The van der Waals surface area contributed by atoms with Crippen LogP contribution in [0.2, 0.25) is 0 Å². The lowest BCUT2D eigenvalue weighted by Crippen LogP contribution is -2.43. The highest BCUT2D eigenvalue weighted by Crippen LogP contribution is 2.16. The van der Waals surface area contributed by atoms with Gasteiger partial charge >= 0.3 is 0 Å². The van der Waals surface area contributed by atoms with Gasteiger partial charge in [-0.05, 0) is 18.6 Å². The number of nitrogens with zero attached hydrogens (tertiary/aromatic N) is 2. The summed E-state index contributed by atoms with van der Waals surface area (Å²) in [5.74, 6) is 1.08. The Morgan fingerprint density at radius 2 is 2.12 bits per heavy atom. The number of nitrogens with one attached hydrogen (secondary N) is 2. The van der Waals surface area contributed by atoms with Gasteiger partial charge < -0.3 is 10.3 Å². The first-order valence-electron chi connectivity index (χ1n) is 6.20. The molecule has 1 saturated heterocycles. The number of aryl methyl sites for hydroxylation is 1. The number of aromatic amines is 1. The van der Waals surface area contributed by atoms with E-state index in [9.17, 15) is 0 Å². The van der Waals surface area contributed by atoms with Crippen LogP contribution in [0.5, 0.6) is 0 Å². The first-order valence-corrected chi connectivity index (χ1v) is 6.20. The number of benzene rings is 1. The van der Waals surface area contributed by atoms with Crippen molar-refractivity contribution < 1.29 is 0 Å². The second-order valence-electron chi connectivity index (χ2n) is 4.68. The Bertz CT molecular complexity index is 511. The summed E-state index contributed by atoms with van der Waals surface area (Å²) in [6, 6.07) is 6.28. The number of H-pyrrole nitrogens is 1. The van der Waals surface area contributed by atoms with Crippen LogP contribution in [0.3, 0.4) is 0 Å². The van der Waals surface area contributed by atoms with E-state index in [0.29, 0.717) is 0 Å². The summed E-state index contributed by atoms with van der Waals surface area (Å²) in [5.41, 5.74) is 3.50. The zero-order chi connectivity index (χ0) is 11.7. The van der Waals surface area contributed by atoms with E-state index >= 15 is 0 Å². The molecular weight excluding hydrogens is 212 g/mol. The van der Waals surface area contributed by atoms with Gasteiger partial charge in [0.25, 0.3) is 0 Å². The Kier molecular flexibility index (Phi) is 2.82. The van der Waals surface area contributed by atoms with Crippen LogP contribution in [-0.2, 0) is 6.54 Å². The number of aromatic nitrogens is 2. The predicted molar refractivity (Wildman–Crippen MR) is 69.0 cm³/mol. The second kappa shape index (κ2) is 4.47. The summed E-state index contributed by atoms with van der Waals surface area (Å²) in [6.45, 7) is 7.41. The lowest BCUT2D eigenvalue weighted by molar-refractivity contribution is 0.229. The van der Waals surface area contributed by atoms with Gasteiger partial charge in [0.05, 0.1) is 17.6 Å². The van der Waals surface area contributed by atoms with Gasteiger partial charge in [0.2, 0.25) is 0 Å². The van der Waals surface area contributed by atoms with Gasteiger partial charge in [-0.2, -0.15) is 0 Å². The minimum Gasteiger partial charge on any atom is -0.341 e. The van der Waals surface area contributed by atoms with Crippen LogP contribution in [0, 0.1) is 6.92 Å². The van der Waals surface area contributed by atoms with Gasteiger partial charge in [-0.3, -0.25) is 4.90 Å². The van der Waals surface area contributed by atoms with Crippen LogP contribution in [0.25, 0.3) is 11.0 Å². The van der Waals surface area contributed by atoms with Crippen molar-refractivity contribution in [2.45, 2.75) is 13.5 Å². The molecule has 1 aromatic heterocycles. The van der Waals surface area contributed by atoms with E-state index in [1.165, 1.54) is 5.56 Å². The van der Waals surface area contributed by atoms with Crippen molar-refractivity contribution in [3.05, 3.63) is 29.6 Å². The number of rotatable bonds is 2. The predicted octanol–water partition coefficient (Wildman–Crippen LogP) is 1.28. The van der Waals surface area contributed by atoms with Crippen molar-refractivity contribution in [3.63, 3.8) is 0 Å². The SMILES string of the molecule is Cc1cccc2[nH]c(CN3CCNCC3)nc12. The van der Waals surface area contributed by atoms with Gasteiger partial charge in [-0.25, -0.2) is 4.98 Å². The molecule has 0 amide bonds. The highest BCUT2D eigenvalue weighted by Gasteiger charge is 2.12. The molecule has 0 saturated carbocycles. The normalized spacial score (nSPS) is 17.7. The minimum atomic E-state index is 0.926. The average molecular weight is 230 g/mol. The van der Waals surface area contributed by atoms with Crippen molar-refractivity contribution in [1.82, 2.24) is 20.2 Å². The van der Waals surface area contributed by atoms with Crippen LogP contribution in [0.1, 0.15) is 11.4 Å². The molecule has 1 aliphatic rings. The largest absolute Gasteiger partial charge is 0.341 e. The number of hydrogen-bond acceptors (Lipinski definition) is 3. The van der Waals surface area contributed by atoms with Gasteiger partial charge in [0.15, 0.2) is 0 Å². The molecule has 1 aromatic carbocycles. The topological polar surface area (TPSA) is 44.0 Å². The lowest BCUT2D eigenvalue weighted by atomic mass is 10.2. The van der Waals surface area contributed by atoms with Crippen LogP contribution in [0.4, 0.5) is 0 Å². The first-order chi connectivity index (χ1) is 8.33. The van der Waals surface area contributed by atoms with Gasteiger partial charge in [-0.15, -0.1) is 0 Å². The third-order valence-corrected chi connectivity index (χ3v) is 3.35. The molecule has 0 aliphatic carbocycles. The molecule has 0 unspecified atom stereocenters. The van der Waals surface area contributed by atoms with Crippen LogP contribution < -0.4 is 5.32 Å². The van der Waals surface area contributed by atoms with E-state index in [1.807, 2.05) is 0 Å². The van der Waals surface area contributed by atoms with Crippen LogP contribution in [-0.4, -0.2) is 41.0 Å². The maximum atomic E-state index is 4.69. The highest BCUT2D eigenvalue weighted by molar-refractivity contribution is 5.78. The Morgan fingerprint density at radius 1 is 1.29 bits per heavy atom. The van der Waals surface area contributed by atoms with E-state index in [4.69, 9.17) is 0 Å². The average Bonchev–Trinajstić information content (AvgIpc) is 2.74. The van der Waals surface area contributed by atoms with Gasteiger partial charge in [-0.1, -0.05) is 12.1 Å². The fraction of sp³-hybridized carbons (Fsp3) is 0.462. The molecular formula is C13H18N4. The van der Waals surface area contributed by atoms with Crippen molar-refractivity contribution in [2.24, 2.45) is 0 Å². The maximum Gasteiger partial charge on any atom is 0.121 e. The molecule has 4 nitrogen and oxygen atoms in total. The third-order valence-electron chi connectivity index (χ3n) is 3.35. The number of fused-ring (bicyclic) bond motifs is 1. The Hall–Kier alpha value is -1.39. The number of hydrogen-bond donors (Lipinski definition) is 2. The zero-order valence-electron chi connectivity index (χ0n) is 10.2. The van der Waals surface area contributed by atoms with Crippen molar-refractivity contribution in [2.75, 3.05) is 26.2 Å². The second-order valence-corrected chi connectivity index (χ2v) is 4.68. The van der Waals surface area contributed by atoms with E-state index in [1.54, 1.807) is 0 Å². The molecule has 0 spiro atoms. The van der Waals surface area contributed by atoms with Crippen LogP contribution >= 0.6 is 0 Å². The number of piperazine rings is 1. The summed E-state index contributed by atoms with van der Waals surface area (Å²) < 4.78 is 0. The highest BCUT2D eigenvalue weighted by atomic mass is 15.2. The quantitative estimate of drug-likeness (QED) is 0.816. The molecule has 2 heterocycles. The smallest absolute Gasteiger partial charge is 0.121 e. The summed E-state index contributed by atoms with van der Waals surface area (Å²) in [7, 11) is 0. The first kappa shape index (κ1) is 10.7. The molecule has 2 N–H and O–H groups in total. The Morgan fingerprint density at radius 3 is 2.88 bits per heavy atom. The number of para-hydroxylation sites is 1. The molecule has 3 rings (SSSR count). The van der Waals surface area contributed by atoms with Crippen LogP contribution in [0.15, 0.2) is 18.2 Å². The summed E-state index contributed by atoms with van der Waals surface area (Å²) in [6.07, 6.45) is 0. The molecule has 4 heteroatoms. The monoisotopic (exact) mass is 230 g/mol. The molecule has 1 fully saturated rings. The van der Waals surface area contributed by atoms with Gasteiger partial charge in [0, 0.05) is 26.2 Å². The molecule has 0 bridgehead atoms. The summed E-state index contributed by atoms with van der Waals surface area (Å²) >= 11 is 0. The molecule has 90 valence electrons. The Labute approximate surface area is 101 Å². The fourth-order valence-corrected chi connectivity index (χ4v) is 2.38. The van der Waals surface area contributed by atoms with Crippen molar-refractivity contribution in [3.8, 4) is 0 Å². The summed E-state index contributed by atoms with van der Waals surface area (Å²) in [4.78, 5) is 10.5. The Balaban J connectivity index is 1.83. The molecule has 0 radical (unpaired) electrons. The van der Waals surface area contributed by atoms with E-state index in [0.717, 1.165) is 49.6 Å². The summed E-state index contributed by atoms with van der Waals surface area (Å²) in [5, 5.41) is 3.36. The number of imidazole rings is 1. The van der Waals surface area contributed by atoms with E-state index < -0.39 is 0 Å². The fourth-order valence-electron chi connectivity index (χ4n) is 2.38. The van der Waals surface area contributed by atoms with E-state index in [-0.39, 0.29) is 0 Å². The molecule has 1 aliphatic heterocycles. The minimum absolute atomic E-state index is 0.926. The zero-order valence-corrected chi connectivity index (χ0v) is 10.2.